The predicted octanol–water partition coefficient (Wildman–Crippen LogP) is 5.13. The van der Waals surface area contributed by atoms with Gasteiger partial charge in [-0.3, -0.25) is 4.79 Å². The second-order valence-corrected chi connectivity index (χ2v) is 6.83. The van der Waals surface area contributed by atoms with Crippen molar-refractivity contribution in [2.24, 2.45) is 5.10 Å². The molecule has 0 spiro atoms. The summed E-state index contributed by atoms with van der Waals surface area (Å²) in [5.41, 5.74) is 4.27. The number of amides is 1. The Morgan fingerprint density at radius 3 is 2.70 bits per heavy atom. The SMILES string of the molecule is CCOc1cc(C=NNC(=O)c2cccnc2Cl)ccc1OCc1ccccc1Cl. The molecule has 6 nitrogen and oxygen atoms in total. The summed E-state index contributed by atoms with van der Waals surface area (Å²) in [7, 11) is 0. The van der Waals surface area contributed by atoms with E-state index in [0.29, 0.717) is 29.7 Å². The normalized spacial score (nSPS) is 10.8. The van der Waals surface area contributed by atoms with Gasteiger partial charge in [0.1, 0.15) is 11.8 Å². The van der Waals surface area contributed by atoms with E-state index >= 15 is 0 Å². The Balaban J connectivity index is 1.68. The van der Waals surface area contributed by atoms with E-state index in [4.69, 9.17) is 32.7 Å². The maximum Gasteiger partial charge on any atom is 0.274 e. The lowest BCUT2D eigenvalue weighted by molar-refractivity contribution is 0.0955. The zero-order valence-electron chi connectivity index (χ0n) is 16.1. The molecule has 3 aromatic rings. The first kappa shape index (κ1) is 21.6. The molecule has 154 valence electrons. The minimum atomic E-state index is -0.450. The number of benzene rings is 2. The first-order valence-corrected chi connectivity index (χ1v) is 9.91. The fraction of sp³-hybridized carbons (Fsp3) is 0.136. The summed E-state index contributed by atoms with van der Waals surface area (Å²) in [6.45, 7) is 2.67. The summed E-state index contributed by atoms with van der Waals surface area (Å²) >= 11 is 12.1. The fourth-order valence-electron chi connectivity index (χ4n) is 2.54. The lowest BCUT2D eigenvalue weighted by Gasteiger charge is -2.13. The number of carbonyl (C=O) groups excluding carboxylic acids is 1. The van der Waals surface area contributed by atoms with Crippen LogP contribution in [-0.4, -0.2) is 23.7 Å². The number of ether oxygens (including phenoxy) is 2. The molecule has 0 unspecified atom stereocenters. The van der Waals surface area contributed by atoms with Crippen molar-refractivity contribution in [1.29, 1.82) is 0 Å². The quantitative estimate of drug-likeness (QED) is 0.297. The summed E-state index contributed by atoms with van der Waals surface area (Å²) in [6.07, 6.45) is 3.01. The third-order valence-corrected chi connectivity index (χ3v) is 4.66. The smallest absolute Gasteiger partial charge is 0.274 e. The van der Waals surface area contributed by atoms with Gasteiger partial charge in [0.25, 0.3) is 5.91 Å². The van der Waals surface area contributed by atoms with Crippen LogP contribution in [0.3, 0.4) is 0 Å². The molecule has 0 aliphatic rings. The summed E-state index contributed by atoms with van der Waals surface area (Å²) in [6, 6.07) is 16.0. The Kier molecular flexibility index (Phi) is 7.65. The van der Waals surface area contributed by atoms with Crippen LogP contribution in [0, 0.1) is 0 Å². The van der Waals surface area contributed by atoms with Gasteiger partial charge in [0.15, 0.2) is 11.5 Å². The molecule has 1 N–H and O–H groups in total. The van der Waals surface area contributed by atoms with Crippen molar-refractivity contribution in [2.75, 3.05) is 6.61 Å². The Labute approximate surface area is 184 Å². The van der Waals surface area contributed by atoms with Crippen LogP contribution in [0.15, 0.2) is 65.9 Å². The van der Waals surface area contributed by atoms with Crippen LogP contribution in [0.1, 0.15) is 28.4 Å². The molecular weight excluding hydrogens is 425 g/mol. The highest BCUT2D eigenvalue weighted by atomic mass is 35.5. The van der Waals surface area contributed by atoms with Crippen LogP contribution in [0.5, 0.6) is 11.5 Å². The molecule has 1 aromatic heterocycles. The van der Waals surface area contributed by atoms with Crippen LogP contribution in [0.2, 0.25) is 10.2 Å². The van der Waals surface area contributed by atoms with E-state index in [-0.39, 0.29) is 10.7 Å². The number of nitrogens with one attached hydrogen (secondary N) is 1. The van der Waals surface area contributed by atoms with Gasteiger partial charge in [-0.15, -0.1) is 0 Å². The second kappa shape index (κ2) is 10.6. The molecule has 0 aliphatic heterocycles. The van der Waals surface area contributed by atoms with E-state index < -0.39 is 5.91 Å². The summed E-state index contributed by atoms with van der Waals surface area (Å²) in [5, 5.41) is 4.73. The maximum absolute atomic E-state index is 12.1. The number of carbonyl (C=O) groups is 1. The highest BCUT2D eigenvalue weighted by molar-refractivity contribution is 6.32. The zero-order chi connectivity index (χ0) is 21.3. The van der Waals surface area contributed by atoms with Crippen molar-refractivity contribution in [3.63, 3.8) is 0 Å². The molecule has 8 heteroatoms. The largest absolute Gasteiger partial charge is 0.490 e. The molecule has 1 heterocycles. The standard InChI is InChI=1S/C22H19Cl2N3O3/c1-2-29-20-12-15(13-26-27-22(28)17-7-5-11-25-21(17)24)9-10-19(20)30-14-16-6-3-4-8-18(16)23/h3-13H,2,14H2,1H3,(H,27,28). The van der Waals surface area contributed by atoms with E-state index in [9.17, 15) is 4.79 Å². The van der Waals surface area contributed by atoms with Gasteiger partial charge in [0.2, 0.25) is 0 Å². The van der Waals surface area contributed by atoms with Gasteiger partial charge in [-0.1, -0.05) is 41.4 Å². The lowest BCUT2D eigenvalue weighted by atomic mass is 10.2. The van der Waals surface area contributed by atoms with E-state index in [1.165, 1.54) is 12.4 Å². The first-order chi connectivity index (χ1) is 14.6. The number of rotatable bonds is 8. The molecule has 0 fully saturated rings. The van der Waals surface area contributed by atoms with E-state index in [1.54, 1.807) is 30.3 Å². The highest BCUT2D eigenvalue weighted by Gasteiger charge is 2.10. The fourth-order valence-corrected chi connectivity index (χ4v) is 2.94. The summed E-state index contributed by atoms with van der Waals surface area (Å²) in [5.74, 6) is 0.698. The zero-order valence-corrected chi connectivity index (χ0v) is 17.7. The van der Waals surface area contributed by atoms with Crippen molar-refractivity contribution in [1.82, 2.24) is 10.4 Å². The molecule has 0 saturated heterocycles. The van der Waals surface area contributed by atoms with Crippen molar-refractivity contribution in [3.05, 3.63) is 87.7 Å². The van der Waals surface area contributed by atoms with Gasteiger partial charge in [-0.05, 0) is 48.9 Å². The summed E-state index contributed by atoms with van der Waals surface area (Å²) in [4.78, 5) is 16.0. The van der Waals surface area contributed by atoms with Gasteiger partial charge in [-0.25, -0.2) is 10.4 Å². The third kappa shape index (κ3) is 5.72. The van der Waals surface area contributed by atoms with Crippen molar-refractivity contribution in [2.45, 2.75) is 13.5 Å². The van der Waals surface area contributed by atoms with Crippen LogP contribution < -0.4 is 14.9 Å². The molecule has 0 saturated carbocycles. The van der Waals surface area contributed by atoms with E-state index in [0.717, 1.165) is 11.1 Å². The molecule has 30 heavy (non-hydrogen) atoms. The van der Waals surface area contributed by atoms with E-state index in [1.807, 2.05) is 31.2 Å². The number of hydrogen-bond acceptors (Lipinski definition) is 5. The van der Waals surface area contributed by atoms with Gasteiger partial charge in [-0.2, -0.15) is 5.10 Å². The molecular formula is C22H19Cl2N3O3. The van der Waals surface area contributed by atoms with E-state index in [2.05, 4.69) is 15.5 Å². The average molecular weight is 444 g/mol. The monoisotopic (exact) mass is 443 g/mol. The lowest BCUT2D eigenvalue weighted by Crippen LogP contribution is -2.18. The number of hydrogen-bond donors (Lipinski definition) is 1. The first-order valence-electron chi connectivity index (χ1n) is 9.15. The third-order valence-electron chi connectivity index (χ3n) is 3.99. The van der Waals surface area contributed by atoms with Crippen LogP contribution in [0.4, 0.5) is 0 Å². The van der Waals surface area contributed by atoms with Crippen LogP contribution in [-0.2, 0) is 6.61 Å². The molecule has 0 aliphatic carbocycles. The average Bonchev–Trinajstić information content (AvgIpc) is 2.74. The van der Waals surface area contributed by atoms with Gasteiger partial charge in [0.05, 0.1) is 18.4 Å². The van der Waals surface area contributed by atoms with Crippen molar-refractivity contribution in [3.8, 4) is 11.5 Å². The highest BCUT2D eigenvalue weighted by Crippen LogP contribution is 2.29. The molecule has 3 rings (SSSR count). The number of nitrogens with zero attached hydrogens (tertiary/aromatic N) is 2. The minimum absolute atomic E-state index is 0.115. The number of aromatic nitrogens is 1. The second-order valence-electron chi connectivity index (χ2n) is 6.06. The molecule has 0 atom stereocenters. The van der Waals surface area contributed by atoms with Gasteiger partial charge >= 0.3 is 0 Å². The molecule has 1 amide bonds. The van der Waals surface area contributed by atoms with Crippen LogP contribution in [0.25, 0.3) is 0 Å². The van der Waals surface area contributed by atoms with Crippen LogP contribution >= 0.6 is 23.2 Å². The molecule has 0 radical (unpaired) electrons. The Hall–Kier alpha value is -3.09. The number of pyridine rings is 1. The Morgan fingerprint density at radius 2 is 1.93 bits per heavy atom. The Bertz CT molecular complexity index is 1060. The minimum Gasteiger partial charge on any atom is -0.490 e. The topological polar surface area (TPSA) is 72.8 Å². The Morgan fingerprint density at radius 1 is 1.10 bits per heavy atom. The molecule has 0 bridgehead atoms. The van der Waals surface area contributed by atoms with Crippen molar-refractivity contribution >= 4 is 35.3 Å². The number of hydrazone groups is 1. The van der Waals surface area contributed by atoms with Crippen molar-refractivity contribution < 1.29 is 14.3 Å². The number of halogens is 2. The summed E-state index contributed by atoms with van der Waals surface area (Å²) < 4.78 is 11.6. The van der Waals surface area contributed by atoms with Gasteiger partial charge < -0.3 is 9.47 Å². The molecule has 2 aromatic carbocycles. The van der Waals surface area contributed by atoms with Gasteiger partial charge in [0, 0.05) is 16.8 Å². The maximum atomic E-state index is 12.1. The predicted molar refractivity (Wildman–Crippen MR) is 118 cm³/mol.